The first-order valence-corrected chi connectivity index (χ1v) is 10.3. The Morgan fingerprint density at radius 3 is 2.90 bits per heavy atom. The number of ether oxygens (including phenoxy) is 2. The molecule has 2 aromatic rings. The molecule has 0 atom stereocenters. The van der Waals surface area contributed by atoms with E-state index in [-0.39, 0.29) is 24.0 Å². The van der Waals surface area contributed by atoms with Crippen LogP contribution in [0, 0.1) is 5.92 Å². The minimum absolute atomic E-state index is 0. The summed E-state index contributed by atoms with van der Waals surface area (Å²) in [7, 11) is 1.72. The zero-order valence-corrected chi connectivity index (χ0v) is 20.2. The number of aliphatic imine (C=N–C) groups is 1. The lowest BCUT2D eigenvalue weighted by Crippen LogP contribution is -2.37. The molecule has 0 aliphatic carbocycles. The van der Waals surface area contributed by atoms with Crippen molar-refractivity contribution in [1.29, 1.82) is 0 Å². The highest BCUT2D eigenvalue weighted by Gasteiger charge is 2.13. The molecule has 0 radical (unpaired) electrons. The van der Waals surface area contributed by atoms with Crippen molar-refractivity contribution in [3.63, 3.8) is 0 Å². The van der Waals surface area contributed by atoms with Gasteiger partial charge in [0.15, 0.2) is 5.96 Å². The molecular formula is C20H29ClIN5O3. The number of nitrogens with zero attached hydrogens (tertiary/aromatic N) is 3. The van der Waals surface area contributed by atoms with Crippen molar-refractivity contribution >= 4 is 41.5 Å². The molecule has 1 fully saturated rings. The van der Waals surface area contributed by atoms with Crippen LogP contribution < -0.4 is 10.6 Å². The summed E-state index contributed by atoms with van der Waals surface area (Å²) in [4.78, 5) is 8.59. The molecule has 10 heteroatoms. The molecule has 166 valence electrons. The predicted molar refractivity (Wildman–Crippen MR) is 127 cm³/mol. The van der Waals surface area contributed by atoms with E-state index >= 15 is 0 Å². The van der Waals surface area contributed by atoms with Gasteiger partial charge in [0.2, 0.25) is 11.7 Å². The van der Waals surface area contributed by atoms with Crippen LogP contribution in [0.1, 0.15) is 25.2 Å². The van der Waals surface area contributed by atoms with Crippen LogP contribution in [0.4, 0.5) is 0 Å². The van der Waals surface area contributed by atoms with E-state index in [1.165, 1.54) is 0 Å². The molecule has 2 N–H and O–H groups in total. The summed E-state index contributed by atoms with van der Waals surface area (Å²) >= 11 is 6.01. The summed E-state index contributed by atoms with van der Waals surface area (Å²) < 4.78 is 16.4. The molecule has 3 rings (SSSR count). The van der Waals surface area contributed by atoms with E-state index in [2.05, 4.69) is 25.8 Å². The van der Waals surface area contributed by atoms with Crippen molar-refractivity contribution in [3.05, 3.63) is 35.2 Å². The molecular weight excluding hydrogens is 521 g/mol. The van der Waals surface area contributed by atoms with Gasteiger partial charge >= 0.3 is 0 Å². The molecule has 1 saturated heterocycles. The van der Waals surface area contributed by atoms with Crippen LogP contribution in [0.2, 0.25) is 5.02 Å². The molecule has 0 unspecified atom stereocenters. The van der Waals surface area contributed by atoms with Crippen molar-refractivity contribution < 1.29 is 14.0 Å². The molecule has 1 aliphatic rings. The lowest BCUT2D eigenvalue weighted by Gasteiger charge is -2.21. The van der Waals surface area contributed by atoms with E-state index in [4.69, 9.17) is 25.6 Å². The van der Waals surface area contributed by atoms with Crippen molar-refractivity contribution in [2.45, 2.75) is 25.8 Å². The van der Waals surface area contributed by atoms with E-state index in [0.29, 0.717) is 35.2 Å². The highest BCUT2D eigenvalue weighted by molar-refractivity contribution is 14.0. The summed E-state index contributed by atoms with van der Waals surface area (Å²) in [5.41, 5.74) is 0.816. The van der Waals surface area contributed by atoms with Gasteiger partial charge in [-0.2, -0.15) is 4.98 Å². The van der Waals surface area contributed by atoms with Crippen molar-refractivity contribution in [2.75, 3.05) is 40.0 Å². The minimum Gasteiger partial charge on any atom is -0.381 e. The normalized spacial score (nSPS) is 14.9. The molecule has 30 heavy (non-hydrogen) atoms. The molecule has 0 saturated carbocycles. The quantitative estimate of drug-likeness (QED) is 0.214. The third-order valence-electron chi connectivity index (χ3n) is 4.63. The second-order valence-electron chi connectivity index (χ2n) is 6.86. The van der Waals surface area contributed by atoms with Gasteiger partial charge in [0, 0.05) is 50.6 Å². The maximum absolute atomic E-state index is 6.01. The Morgan fingerprint density at radius 2 is 2.13 bits per heavy atom. The summed E-state index contributed by atoms with van der Waals surface area (Å²) in [6.45, 7) is 4.42. The molecule has 0 spiro atoms. The average Bonchev–Trinajstić information content (AvgIpc) is 3.22. The number of aromatic nitrogens is 2. The number of hydrogen-bond donors (Lipinski definition) is 2. The minimum atomic E-state index is 0. The van der Waals surface area contributed by atoms with Gasteiger partial charge in [0.1, 0.15) is 0 Å². The zero-order chi connectivity index (χ0) is 20.3. The van der Waals surface area contributed by atoms with Crippen LogP contribution in [0.25, 0.3) is 11.4 Å². The lowest BCUT2D eigenvalue weighted by atomic mass is 10.0. The Morgan fingerprint density at radius 1 is 1.30 bits per heavy atom. The fourth-order valence-electron chi connectivity index (χ4n) is 3.00. The largest absolute Gasteiger partial charge is 0.381 e. The zero-order valence-electron chi connectivity index (χ0n) is 17.1. The fraction of sp³-hybridized carbons (Fsp3) is 0.550. The van der Waals surface area contributed by atoms with Crippen LogP contribution in [0.15, 0.2) is 33.8 Å². The van der Waals surface area contributed by atoms with E-state index < -0.39 is 0 Å². The number of halogens is 2. The summed E-state index contributed by atoms with van der Waals surface area (Å²) in [5, 5.41) is 11.1. The standard InChI is InChI=1S/C20H28ClN5O3.HI/c1-22-20(23-8-3-9-28-14-15-6-10-27-11-7-15)24-13-18-25-19(26-29-18)16-4-2-5-17(21)12-16;/h2,4-5,12,15H,3,6-11,13-14H2,1H3,(H2,22,23,24);1H. The smallest absolute Gasteiger partial charge is 0.246 e. The number of guanidine groups is 1. The molecule has 1 aromatic heterocycles. The lowest BCUT2D eigenvalue weighted by molar-refractivity contribution is 0.0203. The van der Waals surface area contributed by atoms with Gasteiger partial charge < -0.3 is 24.6 Å². The summed E-state index contributed by atoms with van der Waals surface area (Å²) in [5.74, 6) is 2.30. The van der Waals surface area contributed by atoms with Gasteiger partial charge in [0.25, 0.3) is 0 Å². The Kier molecular flexibility index (Phi) is 11.4. The molecule has 0 bridgehead atoms. The monoisotopic (exact) mass is 549 g/mol. The van der Waals surface area contributed by atoms with E-state index in [0.717, 1.165) is 57.8 Å². The van der Waals surface area contributed by atoms with Gasteiger partial charge in [-0.3, -0.25) is 4.99 Å². The van der Waals surface area contributed by atoms with Gasteiger partial charge in [-0.15, -0.1) is 24.0 Å². The molecule has 0 amide bonds. The first kappa shape index (κ1) is 24.8. The highest BCUT2D eigenvalue weighted by Crippen LogP contribution is 2.19. The van der Waals surface area contributed by atoms with Crippen molar-refractivity contribution in [3.8, 4) is 11.4 Å². The van der Waals surface area contributed by atoms with Crippen LogP contribution >= 0.6 is 35.6 Å². The number of nitrogens with one attached hydrogen (secondary N) is 2. The van der Waals surface area contributed by atoms with E-state index in [1.807, 2.05) is 12.1 Å². The maximum Gasteiger partial charge on any atom is 0.246 e. The predicted octanol–water partition coefficient (Wildman–Crippen LogP) is 3.51. The number of rotatable bonds is 9. The molecule has 1 aromatic carbocycles. The third kappa shape index (κ3) is 8.37. The molecule has 2 heterocycles. The van der Waals surface area contributed by atoms with Crippen LogP contribution in [-0.2, 0) is 16.0 Å². The second-order valence-corrected chi connectivity index (χ2v) is 7.30. The Hall–Kier alpha value is -1.43. The van der Waals surface area contributed by atoms with Crippen LogP contribution in [-0.4, -0.2) is 56.1 Å². The number of benzene rings is 1. The van der Waals surface area contributed by atoms with Gasteiger partial charge in [0.05, 0.1) is 6.54 Å². The van der Waals surface area contributed by atoms with Crippen molar-refractivity contribution in [1.82, 2.24) is 20.8 Å². The first-order chi connectivity index (χ1) is 14.2. The van der Waals surface area contributed by atoms with Crippen molar-refractivity contribution in [2.24, 2.45) is 10.9 Å². The third-order valence-corrected chi connectivity index (χ3v) is 4.87. The first-order valence-electron chi connectivity index (χ1n) is 9.93. The molecule has 1 aliphatic heterocycles. The SMILES string of the molecule is CN=C(NCCCOCC1CCOCC1)NCc1nc(-c2cccc(Cl)c2)no1.I. The topological polar surface area (TPSA) is 93.8 Å². The summed E-state index contributed by atoms with van der Waals surface area (Å²) in [6.07, 6.45) is 3.11. The van der Waals surface area contributed by atoms with Gasteiger partial charge in [-0.05, 0) is 37.3 Å². The Balaban J connectivity index is 0.00000320. The van der Waals surface area contributed by atoms with E-state index in [1.54, 1.807) is 19.2 Å². The molecule has 8 nitrogen and oxygen atoms in total. The van der Waals surface area contributed by atoms with E-state index in [9.17, 15) is 0 Å². The fourth-order valence-corrected chi connectivity index (χ4v) is 3.19. The van der Waals surface area contributed by atoms with Crippen LogP contribution in [0.3, 0.4) is 0 Å². The summed E-state index contributed by atoms with van der Waals surface area (Å²) in [6, 6.07) is 7.34. The maximum atomic E-state index is 6.01. The highest BCUT2D eigenvalue weighted by atomic mass is 127. The Bertz CT molecular complexity index is 783. The van der Waals surface area contributed by atoms with Gasteiger partial charge in [-0.25, -0.2) is 0 Å². The average molecular weight is 550 g/mol. The van der Waals surface area contributed by atoms with Gasteiger partial charge in [-0.1, -0.05) is 28.9 Å². The number of hydrogen-bond acceptors (Lipinski definition) is 6. The second kappa shape index (κ2) is 13.8. The van der Waals surface area contributed by atoms with Crippen LogP contribution in [0.5, 0.6) is 0 Å². The Labute approximate surface area is 199 Å².